The molecule has 0 unspecified atom stereocenters. The Bertz CT molecular complexity index is 580. The molecule has 2 aromatic rings. The van der Waals surface area contributed by atoms with Crippen LogP contribution in [-0.2, 0) is 0 Å². The van der Waals surface area contributed by atoms with E-state index in [0.717, 1.165) is 11.3 Å². The molecule has 0 saturated heterocycles. The fraction of sp³-hybridized carbons (Fsp3) is 0.333. The third-order valence-corrected chi connectivity index (χ3v) is 2.26. The molecule has 5 heteroatoms. The Morgan fingerprint density at radius 3 is 2.65 bits per heavy atom. The van der Waals surface area contributed by atoms with Gasteiger partial charge in [0.05, 0.1) is 0 Å². The van der Waals surface area contributed by atoms with Gasteiger partial charge in [0.15, 0.2) is 0 Å². The number of aromatic nitrogens is 3. The van der Waals surface area contributed by atoms with Crippen LogP contribution in [0.1, 0.15) is 37.0 Å². The Morgan fingerprint density at radius 1 is 1.29 bits per heavy atom. The molecular weight excluding hydrogens is 216 g/mol. The van der Waals surface area contributed by atoms with Crippen LogP contribution in [0, 0.1) is 18.3 Å². The second kappa shape index (κ2) is 4.34. The van der Waals surface area contributed by atoms with Crippen molar-refractivity contribution in [1.82, 2.24) is 15.1 Å². The van der Waals surface area contributed by atoms with Crippen molar-refractivity contribution in [2.45, 2.75) is 26.7 Å². The van der Waals surface area contributed by atoms with Gasteiger partial charge in [0, 0.05) is 17.2 Å². The molecule has 0 spiro atoms. The summed E-state index contributed by atoms with van der Waals surface area (Å²) in [7, 11) is 0. The molecule has 0 aliphatic heterocycles. The Balaban J connectivity index is 2.45. The van der Waals surface area contributed by atoms with Gasteiger partial charge >= 0.3 is 0 Å². The van der Waals surface area contributed by atoms with Crippen LogP contribution in [0.5, 0.6) is 0 Å². The van der Waals surface area contributed by atoms with Gasteiger partial charge in [-0.3, -0.25) is 0 Å². The Kier molecular flexibility index (Phi) is 2.88. The van der Waals surface area contributed by atoms with Gasteiger partial charge in [-0.15, -0.1) is 0 Å². The van der Waals surface area contributed by atoms with Crippen molar-refractivity contribution in [3.8, 4) is 17.5 Å². The topological polar surface area (TPSA) is 75.6 Å². The van der Waals surface area contributed by atoms with Crippen LogP contribution < -0.4 is 0 Å². The third-order valence-electron chi connectivity index (χ3n) is 2.26. The van der Waals surface area contributed by atoms with Crippen LogP contribution in [0.4, 0.5) is 0 Å². The summed E-state index contributed by atoms with van der Waals surface area (Å²) in [6.07, 6.45) is 0. The zero-order chi connectivity index (χ0) is 12.4. The summed E-state index contributed by atoms with van der Waals surface area (Å²) in [5.41, 5.74) is 1.87. The normalized spacial score (nSPS) is 10.5. The van der Waals surface area contributed by atoms with Crippen LogP contribution in [0.3, 0.4) is 0 Å². The smallest absolute Gasteiger partial charge is 0.229 e. The Hall–Kier alpha value is -2.22. The second-order valence-corrected chi connectivity index (χ2v) is 4.11. The van der Waals surface area contributed by atoms with Crippen molar-refractivity contribution in [3.63, 3.8) is 0 Å². The minimum Gasteiger partial charge on any atom is -0.339 e. The first-order valence-electron chi connectivity index (χ1n) is 5.33. The highest BCUT2D eigenvalue weighted by molar-refractivity contribution is 5.56. The first kappa shape index (κ1) is 11.3. The van der Waals surface area contributed by atoms with Gasteiger partial charge in [-0.25, -0.2) is 4.98 Å². The summed E-state index contributed by atoms with van der Waals surface area (Å²) in [5, 5.41) is 12.8. The van der Waals surface area contributed by atoms with Crippen LogP contribution in [-0.4, -0.2) is 15.1 Å². The predicted molar refractivity (Wildman–Crippen MR) is 61.1 cm³/mol. The molecule has 0 fully saturated rings. The summed E-state index contributed by atoms with van der Waals surface area (Å²) in [6.45, 7) is 5.79. The molecular formula is C12H12N4O. The van der Waals surface area contributed by atoms with Gasteiger partial charge in [0.25, 0.3) is 0 Å². The molecule has 5 nitrogen and oxygen atoms in total. The molecule has 0 radical (unpaired) electrons. The molecule has 2 aromatic heterocycles. The average molecular weight is 228 g/mol. The predicted octanol–water partition coefficient (Wildman–Crippen LogP) is 2.44. The SMILES string of the molecule is Cc1cc(-c2noc(C(C)C)n2)cc(C#N)n1. The maximum absolute atomic E-state index is 8.85. The van der Waals surface area contributed by atoms with E-state index in [2.05, 4.69) is 15.1 Å². The summed E-state index contributed by atoms with van der Waals surface area (Å²) >= 11 is 0. The maximum atomic E-state index is 8.85. The second-order valence-electron chi connectivity index (χ2n) is 4.11. The van der Waals surface area contributed by atoms with E-state index < -0.39 is 0 Å². The van der Waals surface area contributed by atoms with Crippen molar-refractivity contribution in [2.24, 2.45) is 0 Å². The zero-order valence-corrected chi connectivity index (χ0v) is 9.93. The van der Waals surface area contributed by atoms with E-state index >= 15 is 0 Å². The first-order valence-corrected chi connectivity index (χ1v) is 5.33. The van der Waals surface area contributed by atoms with Crippen molar-refractivity contribution in [2.75, 3.05) is 0 Å². The minimum atomic E-state index is 0.189. The number of nitriles is 1. The van der Waals surface area contributed by atoms with Gasteiger partial charge < -0.3 is 4.52 Å². The number of rotatable bonds is 2. The quantitative estimate of drug-likeness (QED) is 0.789. The molecule has 0 bridgehead atoms. The number of nitrogens with zero attached hydrogens (tertiary/aromatic N) is 4. The van der Waals surface area contributed by atoms with Crippen molar-refractivity contribution in [1.29, 1.82) is 5.26 Å². The molecule has 0 aliphatic carbocycles. The van der Waals surface area contributed by atoms with Crippen LogP contribution >= 0.6 is 0 Å². The van der Waals surface area contributed by atoms with Gasteiger partial charge in [-0.2, -0.15) is 10.2 Å². The molecule has 0 N–H and O–H groups in total. The lowest BCUT2D eigenvalue weighted by atomic mass is 10.2. The summed E-state index contributed by atoms with van der Waals surface area (Å²) in [6, 6.07) is 5.49. The van der Waals surface area contributed by atoms with E-state index in [-0.39, 0.29) is 5.92 Å². The molecule has 86 valence electrons. The van der Waals surface area contributed by atoms with E-state index in [1.807, 2.05) is 32.9 Å². The van der Waals surface area contributed by atoms with E-state index in [4.69, 9.17) is 9.78 Å². The van der Waals surface area contributed by atoms with Crippen LogP contribution in [0.25, 0.3) is 11.4 Å². The third kappa shape index (κ3) is 2.31. The van der Waals surface area contributed by atoms with E-state index in [1.54, 1.807) is 6.07 Å². The highest BCUT2D eigenvalue weighted by Crippen LogP contribution is 2.20. The highest BCUT2D eigenvalue weighted by atomic mass is 16.5. The lowest BCUT2D eigenvalue weighted by Gasteiger charge is -1.97. The van der Waals surface area contributed by atoms with Crippen molar-refractivity contribution < 1.29 is 4.52 Å². The molecule has 0 saturated carbocycles. The van der Waals surface area contributed by atoms with Crippen molar-refractivity contribution >= 4 is 0 Å². The molecule has 0 aliphatic rings. The van der Waals surface area contributed by atoms with Crippen LogP contribution in [0.15, 0.2) is 16.7 Å². The van der Waals surface area contributed by atoms with Crippen molar-refractivity contribution in [3.05, 3.63) is 29.4 Å². The van der Waals surface area contributed by atoms with Gasteiger partial charge in [-0.05, 0) is 19.1 Å². The molecule has 0 atom stereocenters. The molecule has 2 heterocycles. The monoisotopic (exact) mass is 228 g/mol. The largest absolute Gasteiger partial charge is 0.339 e. The summed E-state index contributed by atoms with van der Waals surface area (Å²) in [5.74, 6) is 1.28. The van der Waals surface area contributed by atoms with Gasteiger partial charge in [0.2, 0.25) is 11.7 Å². The molecule has 0 aromatic carbocycles. The lowest BCUT2D eigenvalue weighted by Crippen LogP contribution is -1.91. The molecule has 17 heavy (non-hydrogen) atoms. The van der Waals surface area contributed by atoms with Gasteiger partial charge in [-0.1, -0.05) is 19.0 Å². The number of aryl methyl sites for hydroxylation is 1. The minimum absolute atomic E-state index is 0.189. The number of pyridine rings is 1. The summed E-state index contributed by atoms with van der Waals surface area (Å²) < 4.78 is 5.13. The van der Waals surface area contributed by atoms with Gasteiger partial charge in [0.1, 0.15) is 11.8 Å². The molecule has 2 rings (SSSR count). The highest BCUT2D eigenvalue weighted by Gasteiger charge is 2.12. The number of hydrogen-bond donors (Lipinski definition) is 0. The van der Waals surface area contributed by atoms with E-state index in [0.29, 0.717) is 17.4 Å². The van der Waals surface area contributed by atoms with E-state index in [9.17, 15) is 0 Å². The zero-order valence-electron chi connectivity index (χ0n) is 9.93. The van der Waals surface area contributed by atoms with Crippen LogP contribution in [0.2, 0.25) is 0 Å². The first-order chi connectivity index (χ1) is 8.10. The Morgan fingerprint density at radius 2 is 2.06 bits per heavy atom. The Labute approximate surface area is 99.1 Å². The fourth-order valence-electron chi connectivity index (χ4n) is 1.44. The average Bonchev–Trinajstić information content (AvgIpc) is 2.77. The summed E-state index contributed by atoms with van der Waals surface area (Å²) in [4.78, 5) is 8.35. The lowest BCUT2D eigenvalue weighted by molar-refractivity contribution is 0.365. The standard InChI is InChI=1S/C12H12N4O/c1-7(2)12-15-11(16-17-12)9-4-8(3)14-10(5-9)6-13/h4-5,7H,1-3H3. The van der Waals surface area contributed by atoms with E-state index in [1.165, 1.54) is 0 Å². The number of hydrogen-bond acceptors (Lipinski definition) is 5. The molecule has 0 amide bonds. The fourth-order valence-corrected chi connectivity index (χ4v) is 1.44. The maximum Gasteiger partial charge on any atom is 0.229 e.